The Balaban J connectivity index is 2.09. The molecule has 0 aliphatic carbocycles. The van der Waals surface area contributed by atoms with Crippen LogP contribution >= 0.6 is 22.9 Å². The number of hydrogen-bond donors (Lipinski definition) is 1. The lowest BCUT2D eigenvalue weighted by atomic mass is 9.93. The highest BCUT2D eigenvalue weighted by molar-refractivity contribution is 7.09. The maximum atomic E-state index is 12.6. The second kappa shape index (κ2) is 7.90. The standard InChI is InChI=1S/C17H22ClN3OS/c1-11(13-4-6-14(18)7-5-13)12(2)21(3)17(22)15-10-23-16(20-15)8-9-19/h4-7,10-12H,8-9,19H2,1-3H3. The SMILES string of the molecule is CC(c1ccc(Cl)cc1)C(C)N(C)C(=O)c1csc(CCN)n1. The quantitative estimate of drug-likeness (QED) is 0.865. The summed E-state index contributed by atoms with van der Waals surface area (Å²) in [5.74, 6) is 0.140. The Morgan fingerprint density at radius 3 is 2.61 bits per heavy atom. The lowest BCUT2D eigenvalue weighted by Gasteiger charge is -2.29. The molecule has 2 rings (SSSR count). The molecule has 2 aromatic rings. The minimum absolute atomic E-state index is 0.0448. The maximum absolute atomic E-state index is 12.6. The molecule has 0 aliphatic rings. The van der Waals surface area contributed by atoms with Gasteiger partial charge in [0.15, 0.2) is 0 Å². The van der Waals surface area contributed by atoms with Crippen molar-refractivity contribution in [1.82, 2.24) is 9.88 Å². The first kappa shape index (κ1) is 17.9. The minimum atomic E-state index is -0.0576. The molecule has 0 aliphatic heterocycles. The van der Waals surface area contributed by atoms with Gasteiger partial charge in [0.25, 0.3) is 5.91 Å². The van der Waals surface area contributed by atoms with Gasteiger partial charge in [0.1, 0.15) is 5.69 Å². The average Bonchev–Trinajstić information content (AvgIpc) is 3.02. The van der Waals surface area contributed by atoms with Gasteiger partial charge in [0.2, 0.25) is 0 Å². The van der Waals surface area contributed by atoms with Gasteiger partial charge in [0.05, 0.1) is 5.01 Å². The van der Waals surface area contributed by atoms with Gasteiger partial charge >= 0.3 is 0 Å². The number of benzene rings is 1. The summed E-state index contributed by atoms with van der Waals surface area (Å²) in [6, 6.07) is 7.81. The predicted octanol–water partition coefficient (Wildman–Crippen LogP) is 3.56. The minimum Gasteiger partial charge on any atom is -0.337 e. The summed E-state index contributed by atoms with van der Waals surface area (Å²) in [4.78, 5) is 18.7. The van der Waals surface area contributed by atoms with Gasteiger partial charge in [-0.15, -0.1) is 11.3 Å². The van der Waals surface area contributed by atoms with Gasteiger partial charge in [-0.3, -0.25) is 4.79 Å². The molecule has 0 fully saturated rings. The molecule has 1 amide bonds. The molecule has 1 aromatic heterocycles. The number of thiazole rings is 1. The molecule has 0 radical (unpaired) electrons. The summed E-state index contributed by atoms with van der Waals surface area (Å²) in [5.41, 5.74) is 7.18. The van der Waals surface area contributed by atoms with E-state index in [0.717, 1.165) is 10.6 Å². The molecule has 124 valence electrons. The molecular formula is C17H22ClN3OS. The number of carbonyl (C=O) groups is 1. The molecule has 0 spiro atoms. The molecular weight excluding hydrogens is 330 g/mol. The van der Waals surface area contributed by atoms with Crippen LogP contribution in [-0.4, -0.2) is 35.4 Å². The number of carbonyl (C=O) groups excluding carboxylic acids is 1. The van der Waals surface area contributed by atoms with E-state index in [9.17, 15) is 4.79 Å². The van der Waals surface area contributed by atoms with E-state index in [1.165, 1.54) is 11.3 Å². The number of nitrogens with zero attached hydrogens (tertiary/aromatic N) is 2. The van der Waals surface area contributed by atoms with Crippen molar-refractivity contribution in [2.75, 3.05) is 13.6 Å². The molecule has 0 saturated carbocycles. The fourth-order valence-electron chi connectivity index (χ4n) is 2.39. The average molecular weight is 352 g/mol. The topological polar surface area (TPSA) is 59.2 Å². The lowest BCUT2D eigenvalue weighted by molar-refractivity contribution is 0.0721. The van der Waals surface area contributed by atoms with Gasteiger partial charge in [-0.1, -0.05) is 30.7 Å². The highest BCUT2D eigenvalue weighted by Crippen LogP contribution is 2.25. The Labute approximate surface area is 146 Å². The van der Waals surface area contributed by atoms with Crippen LogP contribution in [0.2, 0.25) is 5.02 Å². The molecule has 23 heavy (non-hydrogen) atoms. The van der Waals surface area contributed by atoms with Crippen LogP contribution in [0.4, 0.5) is 0 Å². The zero-order valence-electron chi connectivity index (χ0n) is 13.6. The van der Waals surface area contributed by atoms with E-state index >= 15 is 0 Å². The number of amides is 1. The monoisotopic (exact) mass is 351 g/mol. The first-order chi connectivity index (χ1) is 10.9. The van der Waals surface area contributed by atoms with Crippen molar-refractivity contribution >= 4 is 28.8 Å². The summed E-state index contributed by atoms with van der Waals surface area (Å²) in [6.07, 6.45) is 0.707. The Morgan fingerprint density at radius 1 is 1.35 bits per heavy atom. The Bertz CT molecular complexity index is 656. The number of aromatic nitrogens is 1. The molecule has 6 heteroatoms. The molecule has 0 bridgehead atoms. The summed E-state index contributed by atoms with van der Waals surface area (Å²) in [5, 5.41) is 3.43. The van der Waals surface area contributed by atoms with Crippen molar-refractivity contribution in [2.24, 2.45) is 5.73 Å². The predicted molar refractivity (Wildman–Crippen MR) is 96.3 cm³/mol. The normalized spacial score (nSPS) is 13.6. The Hall–Kier alpha value is -1.43. The van der Waals surface area contributed by atoms with Crippen LogP contribution in [0.15, 0.2) is 29.6 Å². The van der Waals surface area contributed by atoms with Gasteiger partial charge < -0.3 is 10.6 Å². The van der Waals surface area contributed by atoms with Crippen molar-refractivity contribution in [2.45, 2.75) is 32.2 Å². The lowest BCUT2D eigenvalue weighted by Crippen LogP contribution is -2.38. The summed E-state index contributed by atoms with van der Waals surface area (Å²) >= 11 is 7.42. The third-order valence-electron chi connectivity index (χ3n) is 4.18. The Kier molecular flexibility index (Phi) is 6.16. The van der Waals surface area contributed by atoms with E-state index < -0.39 is 0 Å². The summed E-state index contributed by atoms with van der Waals surface area (Å²) in [6.45, 7) is 4.70. The number of halogens is 1. The third kappa shape index (κ3) is 4.31. The van der Waals surface area contributed by atoms with Crippen LogP contribution in [0.3, 0.4) is 0 Å². The van der Waals surface area contributed by atoms with Crippen molar-refractivity contribution in [3.05, 3.63) is 50.9 Å². The Morgan fingerprint density at radius 2 is 2.00 bits per heavy atom. The van der Waals surface area contributed by atoms with E-state index in [1.54, 1.807) is 4.90 Å². The van der Waals surface area contributed by atoms with Gasteiger partial charge in [-0.2, -0.15) is 0 Å². The number of nitrogens with two attached hydrogens (primary N) is 1. The largest absolute Gasteiger partial charge is 0.337 e. The summed E-state index contributed by atoms with van der Waals surface area (Å²) < 4.78 is 0. The molecule has 2 atom stereocenters. The second-order valence-electron chi connectivity index (χ2n) is 5.66. The van der Waals surface area contributed by atoms with Crippen LogP contribution < -0.4 is 5.73 Å². The van der Waals surface area contributed by atoms with Gasteiger partial charge in [-0.05, 0) is 31.2 Å². The number of hydrogen-bond acceptors (Lipinski definition) is 4. The number of rotatable bonds is 6. The molecule has 1 aromatic carbocycles. The first-order valence-corrected chi connectivity index (χ1v) is 8.87. The molecule has 1 heterocycles. The fourth-order valence-corrected chi connectivity index (χ4v) is 3.31. The molecule has 0 saturated heterocycles. The zero-order valence-corrected chi connectivity index (χ0v) is 15.2. The van der Waals surface area contributed by atoms with E-state index in [4.69, 9.17) is 17.3 Å². The van der Waals surface area contributed by atoms with E-state index in [2.05, 4.69) is 11.9 Å². The van der Waals surface area contributed by atoms with Crippen molar-refractivity contribution in [1.29, 1.82) is 0 Å². The second-order valence-corrected chi connectivity index (χ2v) is 7.04. The van der Waals surface area contributed by atoms with Crippen LogP contribution in [0.25, 0.3) is 0 Å². The highest BCUT2D eigenvalue weighted by atomic mass is 35.5. The van der Waals surface area contributed by atoms with Crippen LogP contribution in [0.1, 0.15) is 40.8 Å². The highest BCUT2D eigenvalue weighted by Gasteiger charge is 2.24. The summed E-state index contributed by atoms with van der Waals surface area (Å²) in [7, 11) is 1.82. The van der Waals surface area contributed by atoms with Crippen LogP contribution in [0.5, 0.6) is 0 Å². The van der Waals surface area contributed by atoms with E-state index in [-0.39, 0.29) is 17.9 Å². The molecule has 4 nitrogen and oxygen atoms in total. The zero-order chi connectivity index (χ0) is 17.0. The molecule has 2 unspecified atom stereocenters. The first-order valence-electron chi connectivity index (χ1n) is 7.61. The van der Waals surface area contributed by atoms with Gasteiger partial charge in [0, 0.05) is 35.8 Å². The van der Waals surface area contributed by atoms with Crippen LogP contribution in [0, 0.1) is 0 Å². The van der Waals surface area contributed by atoms with Crippen LogP contribution in [-0.2, 0) is 6.42 Å². The van der Waals surface area contributed by atoms with E-state index in [0.29, 0.717) is 23.7 Å². The fraction of sp³-hybridized carbons (Fsp3) is 0.412. The number of likely N-dealkylation sites (N-methyl/N-ethyl adjacent to an activating group) is 1. The smallest absolute Gasteiger partial charge is 0.273 e. The van der Waals surface area contributed by atoms with Gasteiger partial charge in [-0.25, -0.2) is 4.98 Å². The van der Waals surface area contributed by atoms with Crippen molar-refractivity contribution in [3.63, 3.8) is 0 Å². The third-order valence-corrected chi connectivity index (χ3v) is 5.34. The van der Waals surface area contributed by atoms with E-state index in [1.807, 2.05) is 43.6 Å². The maximum Gasteiger partial charge on any atom is 0.273 e. The van der Waals surface area contributed by atoms with Crippen molar-refractivity contribution < 1.29 is 4.79 Å². The van der Waals surface area contributed by atoms with Crippen molar-refractivity contribution in [3.8, 4) is 0 Å². The molecule has 2 N–H and O–H groups in total.